The van der Waals surface area contributed by atoms with Crippen molar-refractivity contribution in [1.82, 2.24) is 9.88 Å². The first kappa shape index (κ1) is 22.2. The van der Waals surface area contributed by atoms with Gasteiger partial charge in [0.15, 0.2) is 12.2 Å². The van der Waals surface area contributed by atoms with Crippen molar-refractivity contribution in [3.05, 3.63) is 36.9 Å². The number of ether oxygens (including phenoxy) is 1. The third-order valence-electron chi connectivity index (χ3n) is 10.6. The number of carbonyl (C=O) groups is 1. The van der Waals surface area contributed by atoms with Crippen LogP contribution in [0.2, 0.25) is 0 Å². The van der Waals surface area contributed by atoms with Crippen LogP contribution in [0.4, 0.5) is 0 Å². The predicted molar refractivity (Wildman–Crippen MR) is 131 cm³/mol. The maximum absolute atomic E-state index is 12.9. The maximum Gasteiger partial charge on any atom is 0.222 e. The van der Waals surface area contributed by atoms with Crippen molar-refractivity contribution in [2.45, 2.75) is 77.9 Å². The van der Waals surface area contributed by atoms with Crippen LogP contribution in [0.1, 0.15) is 65.7 Å². The smallest absolute Gasteiger partial charge is 0.222 e. The Hall–Kier alpha value is -2.30. The normalized spacial score (nSPS) is 41.5. The van der Waals surface area contributed by atoms with Crippen LogP contribution in [0.3, 0.4) is 0 Å². The molecular weight excluding hydrogens is 424 g/mol. The van der Waals surface area contributed by atoms with Crippen LogP contribution in [0.15, 0.2) is 41.3 Å². The van der Waals surface area contributed by atoms with Gasteiger partial charge in [-0.15, -0.1) is 0 Å². The summed E-state index contributed by atoms with van der Waals surface area (Å²) in [5.74, 6) is 4.43. The molecular formula is C29H38N2O3. The number of hydrogen-bond acceptors (Lipinski definition) is 4. The molecule has 3 unspecified atom stereocenters. The number of amides is 1. The zero-order valence-corrected chi connectivity index (χ0v) is 21.0. The Morgan fingerprint density at radius 3 is 2.62 bits per heavy atom. The second kappa shape index (κ2) is 7.86. The van der Waals surface area contributed by atoms with Crippen LogP contribution in [-0.2, 0) is 4.79 Å². The van der Waals surface area contributed by atoms with Gasteiger partial charge in [0.05, 0.1) is 12.2 Å². The first-order chi connectivity index (χ1) is 16.3. The van der Waals surface area contributed by atoms with E-state index >= 15 is 0 Å². The van der Waals surface area contributed by atoms with Gasteiger partial charge < -0.3 is 14.1 Å². The van der Waals surface area contributed by atoms with Crippen molar-refractivity contribution in [2.75, 3.05) is 7.05 Å². The van der Waals surface area contributed by atoms with E-state index in [4.69, 9.17) is 9.15 Å². The third-order valence-corrected chi connectivity index (χ3v) is 10.6. The molecule has 4 aliphatic rings. The van der Waals surface area contributed by atoms with Gasteiger partial charge in [-0.1, -0.05) is 27.2 Å². The predicted octanol–water partition coefficient (Wildman–Crippen LogP) is 6.20. The Labute approximate surface area is 203 Å². The van der Waals surface area contributed by atoms with E-state index in [9.17, 15) is 4.79 Å². The molecule has 0 spiro atoms. The standard InChI is InChI=1S/C29H38N2O3/c1-18-25-21-6-5-13-28(21,2)14-11-22(25)29(3)15-12-24(32)31(4)27(29)26(18)34-20-9-7-19(8-10-20)23-16-30-17-33-23/h7-10,16-18,21-22,25-27H,5-6,11-15H2,1-4H3/t18?,21-,22+,25-,26?,27?,28-,29+/m0/s1. The van der Waals surface area contributed by atoms with Crippen molar-refractivity contribution in [1.29, 1.82) is 0 Å². The lowest BCUT2D eigenvalue weighted by Crippen LogP contribution is -2.69. The number of likely N-dealkylation sites (N-methyl/N-ethyl adjacent to an activating group) is 1. The van der Waals surface area contributed by atoms with Crippen LogP contribution in [0.25, 0.3) is 11.3 Å². The van der Waals surface area contributed by atoms with Gasteiger partial charge >= 0.3 is 0 Å². The molecule has 0 bridgehead atoms. The van der Waals surface area contributed by atoms with Crippen molar-refractivity contribution < 1.29 is 13.9 Å². The van der Waals surface area contributed by atoms with Crippen LogP contribution in [0.5, 0.6) is 5.75 Å². The highest BCUT2D eigenvalue weighted by Crippen LogP contribution is 2.66. The van der Waals surface area contributed by atoms with Crippen molar-refractivity contribution in [3.63, 3.8) is 0 Å². The zero-order valence-electron chi connectivity index (χ0n) is 21.0. The molecule has 1 aromatic heterocycles. The summed E-state index contributed by atoms with van der Waals surface area (Å²) in [5.41, 5.74) is 1.58. The molecule has 4 fully saturated rings. The average molecular weight is 463 g/mol. The minimum atomic E-state index is -0.000389. The number of nitrogens with zero attached hydrogens (tertiary/aromatic N) is 2. The summed E-state index contributed by atoms with van der Waals surface area (Å²) in [6.07, 6.45) is 11.6. The van der Waals surface area contributed by atoms with Crippen molar-refractivity contribution in [2.24, 2.45) is 34.5 Å². The fraction of sp³-hybridized carbons (Fsp3) is 0.655. The van der Waals surface area contributed by atoms with E-state index in [1.807, 2.05) is 36.2 Å². The lowest BCUT2D eigenvalue weighted by Gasteiger charge is -2.65. The second-order valence-corrected chi connectivity index (χ2v) is 12.2. The molecule has 1 aliphatic heterocycles. The number of aromatic nitrogens is 1. The van der Waals surface area contributed by atoms with Crippen LogP contribution in [-0.4, -0.2) is 35.0 Å². The molecule has 182 valence electrons. The Balaban J connectivity index is 1.36. The first-order valence-corrected chi connectivity index (χ1v) is 13.2. The molecule has 1 saturated heterocycles. The van der Waals surface area contributed by atoms with Crippen LogP contribution >= 0.6 is 0 Å². The van der Waals surface area contributed by atoms with Crippen molar-refractivity contribution >= 4 is 5.91 Å². The second-order valence-electron chi connectivity index (χ2n) is 12.2. The molecule has 3 aliphatic carbocycles. The van der Waals surface area contributed by atoms with E-state index < -0.39 is 0 Å². The molecule has 0 radical (unpaired) electrons. The minimum Gasteiger partial charge on any atom is -0.488 e. The number of oxazole rings is 1. The number of carbonyl (C=O) groups excluding carboxylic acids is 1. The highest BCUT2D eigenvalue weighted by Gasteiger charge is 2.64. The summed E-state index contributed by atoms with van der Waals surface area (Å²) >= 11 is 0. The van der Waals surface area contributed by atoms with E-state index in [1.165, 1.54) is 38.5 Å². The van der Waals surface area contributed by atoms with Gasteiger partial charge in [0, 0.05) is 19.0 Å². The quantitative estimate of drug-likeness (QED) is 0.545. The number of hydrogen-bond donors (Lipinski definition) is 0. The van der Waals surface area contributed by atoms with Crippen molar-refractivity contribution in [3.8, 4) is 17.1 Å². The Morgan fingerprint density at radius 1 is 1.09 bits per heavy atom. The number of piperidine rings is 1. The van der Waals surface area contributed by atoms with Gasteiger partial charge in [-0.2, -0.15) is 0 Å². The summed E-state index contributed by atoms with van der Waals surface area (Å²) in [6, 6.07) is 8.27. The summed E-state index contributed by atoms with van der Waals surface area (Å²) in [5, 5.41) is 0. The molecule has 2 heterocycles. The van der Waals surface area contributed by atoms with E-state index in [2.05, 4.69) is 25.8 Å². The molecule has 2 aromatic rings. The number of benzene rings is 1. The maximum atomic E-state index is 12.9. The topological polar surface area (TPSA) is 55.6 Å². The lowest BCUT2D eigenvalue weighted by atomic mass is 9.44. The van der Waals surface area contributed by atoms with Crippen LogP contribution < -0.4 is 4.74 Å². The molecule has 8 atom stereocenters. The monoisotopic (exact) mass is 462 g/mol. The van der Waals surface area contributed by atoms with Gasteiger partial charge in [-0.05, 0) is 90.9 Å². The summed E-state index contributed by atoms with van der Waals surface area (Å²) in [4.78, 5) is 19.0. The lowest BCUT2D eigenvalue weighted by molar-refractivity contribution is -0.191. The molecule has 1 aromatic carbocycles. The van der Waals surface area contributed by atoms with E-state index in [0.29, 0.717) is 29.6 Å². The highest BCUT2D eigenvalue weighted by molar-refractivity contribution is 5.77. The van der Waals surface area contributed by atoms with E-state index in [-0.39, 0.29) is 23.5 Å². The molecule has 34 heavy (non-hydrogen) atoms. The summed E-state index contributed by atoms with van der Waals surface area (Å²) in [7, 11) is 2.02. The largest absolute Gasteiger partial charge is 0.488 e. The van der Waals surface area contributed by atoms with Gasteiger partial charge in [-0.3, -0.25) is 4.79 Å². The summed E-state index contributed by atoms with van der Waals surface area (Å²) in [6.45, 7) is 7.45. The Kier molecular flexibility index (Phi) is 5.13. The van der Waals surface area contributed by atoms with Gasteiger partial charge in [0.2, 0.25) is 5.91 Å². The Bertz CT molecular complexity index is 1050. The minimum absolute atomic E-state index is 0.000389. The number of likely N-dealkylation sites (tertiary alicyclic amines) is 1. The molecule has 6 rings (SSSR count). The highest BCUT2D eigenvalue weighted by atomic mass is 16.5. The van der Waals surface area contributed by atoms with E-state index in [1.54, 1.807) is 6.20 Å². The molecule has 5 heteroatoms. The van der Waals surface area contributed by atoms with Gasteiger partial charge in [-0.25, -0.2) is 4.98 Å². The molecule has 0 N–H and O–H groups in total. The van der Waals surface area contributed by atoms with Gasteiger partial charge in [0.25, 0.3) is 0 Å². The molecule has 3 saturated carbocycles. The SMILES string of the molecule is CC1C(Oc2ccc(-c3cnco3)cc2)C2N(C)C(=O)CC[C@]2(C)[C@@H]2CC[C@]3(C)CCC[C@H]3[C@H]12. The summed E-state index contributed by atoms with van der Waals surface area (Å²) < 4.78 is 12.3. The molecule has 1 amide bonds. The molecule has 5 nitrogen and oxygen atoms in total. The fourth-order valence-electron chi connectivity index (χ4n) is 8.88. The zero-order chi connectivity index (χ0) is 23.7. The van der Waals surface area contributed by atoms with E-state index in [0.717, 1.165) is 29.4 Å². The van der Waals surface area contributed by atoms with Gasteiger partial charge in [0.1, 0.15) is 11.9 Å². The number of fused-ring (bicyclic) bond motifs is 5. The average Bonchev–Trinajstić information content (AvgIpc) is 3.50. The number of rotatable bonds is 3. The van der Waals surface area contributed by atoms with Crippen LogP contribution in [0, 0.1) is 34.5 Å². The fourth-order valence-corrected chi connectivity index (χ4v) is 8.88. The third kappa shape index (κ3) is 3.18. The Morgan fingerprint density at radius 2 is 1.88 bits per heavy atom. The first-order valence-electron chi connectivity index (χ1n) is 13.2.